The summed E-state index contributed by atoms with van der Waals surface area (Å²) in [6, 6.07) is 6.03. The summed E-state index contributed by atoms with van der Waals surface area (Å²) in [5, 5.41) is 5.80. The largest absolute Gasteiger partial charge is 0.322 e. The highest BCUT2D eigenvalue weighted by Crippen LogP contribution is 2.31. The SMILES string of the molecule is CCCN(Cc1cccc2c1C(=O)N(C1CCC(=O)NC1=O)C2)C1CCNCC1. The van der Waals surface area contributed by atoms with Crippen LogP contribution in [0, 0.1) is 0 Å². The number of amides is 3. The number of hydrogen-bond donors (Lipinski definition) is 2. The highest BCUT2D eigenvalue weighted by atomic mass is 16.2. The van der Waals surface area contributed by atoms with E-state index >= 15 is 0 Å². The van der Waals surface area contributed by atoms with Crippen molar-refractivity contribution in [2.45, 2.75) is 64.2 Å². The molecule has 0 saturated carbocycles. The van der Waals surface area contributed by atoms with Gasteiger partial charge >= 0.3 is 0 Å². The maximum Gasteiger partial charge on any atom is 0.255 e. The first-order chi connectivity index (χ1) is 14.1. The van der Waals surface area contributed by atoms with Crippen LogP contribution in [0.4, 0.5) is 0 Å². The molecule has 3 heterocycles. The van der Waals surface area contributed by atoms with Crippen molar-refractivity contribution in [3.8, 4) is 0 Å². The lowest BCUT2D eigenvalue weighted by atomic mass is 9.99. The van der Waals surface area contributed by atoms with Crippen molar-refractivity contribution < 1.29 is 14.4 Å². The Hall–Kier alpha value is -2.25. The minimum absolute atomic E-state index is 0.0770. The topological polar surface area (TPSA) is 81.8 Å². The van der Waals surface area contributed by atoms with E-state index in [0.717, 1.165) is 62.1 Å². The number of benzene rings is 1. The van der Waals surface area contributed by atoms with Gasteiger partial charge in [0.05, 0.1) is 0 Å². The average Bonchev–Trinajstić information content (AvgIpc) is 3.06. The van der Waals surface area contributed by atoms with Gasteiger partial charge in [-0.05, 0) is 56.4 Å². The van der Waals surface area contributed by atoms with Crippen LogP contribution in [0.1, 0.15) is 60.5 Å². The van der Waals surface area contributed by atoms with Crippen LogP contribution in [-0.2, 0) is 22.7 Å². The maximum absolute atomic E-state index is 13.3. The summed E-state index contributed by atoms with van der Waals surface area (Å²) in [4.78, 5) is 41.2. The van der Waals surface area contributed by atoms with E-state index in [4.69, 9.17) is 0 Å². The molecule has 0 bridgehead atoms. The Balaban J connectivity index is 1.55. The molecule has 0 aromatic heterocycles. The fourth-order valence-electron chi connectivity index (χ4n) is 4.89. The third kappa shape index (κ3) is 4.07. The molecule has 7 nitrogen and oxygen atoms in total. The standard InChI is InChI=1S/C22H30N4O3/c1-2-12-25(17-8-10-23-11-9-17)13-15-4-3-5-16-14-26(22(29)20(15)16)18-6-7-19(27)24-21(18)28/h3-5,17-18,23H,2,6-14H2,1H3,(H,24,27,28). The lowest BCUT2D eigenvalue weighted by Crippen LogP contribution is -2.52. The predicted octanol–water partition coefficient (Wildman–Crippen LogP) is 1.41. The number of fused-ring (bicyclic) bond motifs is 1. The number of piperidine rings is 2. The fourth-order valence-corrected chi connectivity index (χ4v) is 4.89. The minimum atomic E-state index is -0.559. The monoisotopic (exact) mass is 398 g/mol. The molecule has 4 rings (SSSR count). The van der Waals surface area contributed by atoms with Crippen LogP contribution in [0.25, 0.3) is 0 Å². The van der Waals surface area contributed by atoms with Crippen molar-refractivity contribution in [2.24, 2.45) is 0 Å². The summed E-state index contributed by atoms with van der Waals surface area (Å²) < 4.78 is 0. The van der Waals surface area contributed by atoms with Crippen molar-refractivity contribution in [2.75, 3.05) is 19.6 Å². The molecular weight excluding hydrogens is 368 g/mol. The number of nitrogens with zero attached hydrogens (tertiary/aromatic N) is 2. The molecule has 1 atom stereocenters. The van der Waals surface area contributed by atoms with Crippen LogP contribution in [0.15, 0.2) is 18.2 Å². The molecule has 3 amide bonds. The van der Waals surface area contributed by atoms with Gasteiger partial charge in [-0.3, -0.25) is 24.6 Å². The molecule has 1 aromatic carbocycles. The second-order valence-corrected chi connectivity index (χ2v) is 8.30. The minimum Gasteiger partial charge on any atom is -0.322 e. The van der Waals surface area contributed by atoms with Crippen LogP contribution in [-0.4, -0.2) is 59.2 Å². The first-order valence-corrected chi connectivity index (χ1v) is 10.8. The lowest BCUT2D eigenvalue weighted by Gasteiger charge is -2.35. The number of carbonyl (C=O) groups excluding carboxylic acids is 3. The quantitative estimate of drug-likeness (QED) is 0.708. The number of carbonyl (C=O) groups is 3. The zero-order valence-corrected chi connectivity index (χ0v) is 17.1. The maximum atomic E-state index is 13.3. The Labute approximate surface area is 171 Å². The molecule has 1 unspecified atom stereocenters. The third-order valence-electron chi connectivity index (χ3n) is 6.35. The Morgan fingerprint density at radius 1 is 1.14 bits per heavy atom. The van der Waals surface area contributed by atoms with E-state index in [2.05, 4.69) is 28.5 Å². The number of hydrogen-bond acceptors (Lipinski definition) is 5. The first kappa shape index (κ1) is 20.0. The third-order valence-corrected chi connectivity index (χ3v) is 6.35. The summed E-state index contributed by atoms with van der Waals surface area (Å²) in [6.07, 6.45) is 4.02. The molecule has 0 aliphatic carbocycles. The van der Waals surface area contributed by atoms with Crippen LogP contribution >= 0.6 is 0 Å². The van der Waals surface area contributed by atoms with Gasteiger partial charge in [-0.1, -0.05) is 25.1 Å². The van der Waals surface area contributed by atoms with Crippen molar-refractivity contribution >= 4 is 17.7 Å². The van der Waals surface area contributed by atoms with Crippen molar-refractivity contribution in [3.05, 3.63) is 34.9 Å². The van der Waals surface area contributed by atoms with E-state index in [-0.39, 0.29) is 24.1 Å². The summed E-state index contributed by atoms with van der Waals surface area (Å²) in [6.45, 7) is 6.49. The van der Waals surface area contributed by atoms with Gasteiger partial charge in [-0.2, -0.15) is 0 Å². The molecule has 29 heavy (non-hydrogen) atoms. The molecular formula is C22H30N4O3. The van der Waals surface area contributed by atoms with Gasteiger partial charge < -0.3 is 10.2 Å². The van der Waals surface area contributed by atoms with Gasteiger partial charge in [0.2, 0.25) is 11.8 Å². The Kier molecular flexibility index (Phi) is 5.96. The molecule has 3 aliphatic rings. The van der Waals surface area contributed by atoms with Gasteiger partial charge in [-0.25, -0.2) is 0 Å². The van der Waals surface area contributed by atoms with Crippen LogP contribution in [0.2, 0.25) is 0 Å². The van der Waals surface area contributed by atoms with Crippen LogP contribution < -0.4 is 10.6 Å². The van der Waals surface area contributed by atoms with E-state index in [9.17, 15) is 14.4 Å². The molecule has 156 valence electrons. The summed E-state index contributed by atoms with van der Waals surface area (Å²) in [7, 11) is 0. The normalized spacial score (nSPS) is 22.9. The van der Waals surface area contributed by atoms with Gasteiger partial charge in [0.25, 0.3) is 5.91 Å². The zero-order chi connectivity index (χ0) is 20.4. The average molecular weight is 399 g/mol. The van der Waals surface area contributed by atoms with E-state index in [1.165, 1.54) is 0 Å². The number of imide groups is 1. The van der Waals surface area contributed by atoms with Crippen molar-refractivity contribution in [1.29, 1.82) is 0 Å². The van der Waals surface area contributed by atoms with Gasteiger partial charge in [-0.15, -0.1) is 0 Å². The molecule has 3 aliphatic heterocycles. The second-order valence-electron chi connectivity index (χ2n) is 8.30. The number of rotatable bonds is 6. The van der Waals surface area contributed by atoms with E-state index < -0.39 is 6.04 Å². The van der Waals surface area contributed by atoms with E-state index in [0.29, 0.717) is 19.0 Å². The zero-order valence-electron chi connectivity index (χ0n) is 17.1. The highest BCUT2D eigenvalue weighted by Gasteiger charge is 2.40. The summed E-state index contributed by atoms with van der Waals surface area (Å²) in [5.74, 6) is -0.689. The number of nitrogens with one attached hydrogen (secondary N) is 2. The molecule has 0 spiro atoms. The van der Waals surface area contributed by atoms with Gasteiger partial charge in [0, 0.05) is 31.1 Å². The Morgan fingerprint density at radius 3 is 2.66 bits per heavy atom. The predicted molar refractivity (Wildman–Crippen MR) is 109 cm³/mol. The molecule has 2 N–H and O–H groups in total. The van der Waals surface area contributed by atoms with Gasteiger partial charge in [0.1, 0.15) is 6.04 Å². The fraction of sp³-hybridized carbons (Fsp3) is 0.591. The Bertz CT molecular complexity index is 803. The summed E-state index contributed by atoms with van der Waals surface area (Å²) >= 11 is 0. The van der Waals surface area contributed by atoms with Crippen LogP contribution in [0.3, 0.4) is 0 Å². The van der Waals surface area contributed by atoms with Crippen molar-refractivity contribution in [3.63, 3.8) is 0 Å². The Morgan fingerprint density at radius 2 is 1.93 bits per heavy atom. The van der Waals surface area contributed by atoms with E-state index in [1.807, 2.05) is 12.1 Å². The summed E-state index contributed by atoms with van der Waals surface area (Å²) in [5.41, 5.74) is 2.79. The molecule has 2 saturated heterocycles. The molecule has 2 fully saturated rings. The van der Waals surface area contributed by atoms with Gasteiger partial charge in [0.15, 0.2) is 0 Å². The highest BCUT2D eigenvalue weighted by molar-refractivity contribution is 6.05. The molecule has 7 heteroatoms. The van der Waals surface area contributed by atoms with Crippen molar-refractivity contribution in [1.82, 2.24) is 20.4 Å². The lowest BCUT2D eigenvalue weighted by molar-refractivity contribution is -0.136. The van der Waals surface area contributed by atoms with E-state index in [1.54, 1.807) is 4.90 Å². The molecule has 1 aromatic rings. The van der Waals surface area contributed by atoms with Crippen LogP contribution in [0.5, 0.6) is 0 Å². The second kappa shape index (κ2) is 8.63. The smallest absolute Gasteiger partial charge is 0.255 e. The first-order valence-electron chi connectivity index (χ1n) is 10.8. The molecule has 0 radical (unpaired) electrons.